The number of thioether (sulfide) groups is 1. The summed E-state index contributed by atoms with van der Waals surface area (Å²) in [6, 6.07) is 0. The molecule has 84 valence electrons. The van der Waals surface area contributed by atoms with Crippen molar-refractivity contribution in [1.82, 2.24) is 0 Å². The van der Waals surface area contributed by atoms with E-state index in [0.717, 1.165) is 0 Å². The lowest BCUT2D eigenvalue weighted by molar-refractivity contribution is 0.0245. The summed E-state index contributed by atoms with van der Waals surface area (Å²) in [7, 11) is 0. The lowest BCUT2D eigenvalue weighted by atomic mass is 9.57. The second kappa shape index (κ2) is 4.92. The summed E-state index contributed by atoms with van der Waals surface area (Å²) in [6.45, 7) is 7.48. The van der Waals surface area contributed by atoms with Gasteiger partial charge in [-0.2, -0.15) is 11.8 Å². The molecule has 0 radical (unpaired) electrons. The smallest absolute Gasteiger partial charge is 0.00701 e. The van der Waals surface area contributed by atoms with Gasteiger partial charge in [0.25, 0.3) is 0 Å². The predicted octanol–water partition coefficient (Wildman–Crippen LogP) is 4.74. The third kappa shape index (κ3) is 2.68. The highest BCUT2D eigenvalue weighted by Gasteiger charge is 2.41. The van der Waals surface area contributed by atoms with Crippen LogP contribution in [0, 0.1) is 10.8 Å². The first-order valence-electron chi connectivity index (χ1n) is 6.01. The van der Waals surface area contributed by atoms with Crippen molar-refractivity contribution in [2.75, 3.05) is 12.0 Å². The molecule has 0 aliphatic heterocycles. The Morgan fingerprint density at radius 1 is 1.07 bits per heavy atom. The van der Waals surface area contributed by atoms with E-state index in [4.69, 9.17) is 0 Å². The largest absolute Gasteiger partial charge is 0.165 e. The lowest BCUT2D eigenvalue weighted by Gasteiger charge is -2.48. The molecule has 1 fully saturated rings. The maximum atomic E-state index is 2.52. The van der Waals surface area contributed by atoms with Gasteiger partial charge in [-0.1, -0.05) is 33.6 Å². The van der Waals surface area contributed by atoms with Crippen LogP contribution in [0.25, 0.3) is 0 Å². The Morgan fingerprint density at radius 3 is 2.29 bits per heavy atom. The fourth-order valence-corrected chi connectivity index (χ4v) is 3.23. The molecule has 1 aliphatic carbocycles. The molecule has 1 atom stereocenters. The summed E-state index contributed by atoms with van der Waals surface area (Å²) in [6.07, 6.45) is 10.8. The minimum atomic E-state index is 0.573. The Bertz CT molecular complexity index is 174. The average molecular weight is 214 g/mol. The van der Waals surface area contributed by atoms with Crippen LogP contribution in [0.15, 0.2) is 0 Å². The van der Waals surface area contributed by atoms with Gasteiger partial charge in [0.1, 0.15) is 0 Å². The van der Waals surface area contributed by atoms with Gasteiger partial charge in [0, 0.05) is 0 Å². The molecule has 0 aromatic heterocycles. The van der Waals surface area contributed by atoms with Crippen LogP contribution in [-0.2, 0) is 0 Å². The van der Waals surface area contributed by atoms with Crippen LogP contribution < -0.4 is 0 Å². The van der Waals surface area contributed by atoms with Crippen molar-refractivity contribution in [3.8, 4) is 0 Å². The maximum Gasteiger partial charge on any atom is -0.00701 e. The number of hydrogen-bond acceptors (Lipinski definition) is 1. The van der Waals surface area contributed by atoms with E-state index in [0.29, 0.717) is 10.8 Å². The highest BCUT2D eigenvalue weighted by Crippen LogP contribution is 2.52. The van der Waals surface area contributed by atoms with E-state index in [2.05, 4.69) is 27.0 Å². The van der Waals surface area contributed by atoms with Crippen molar-refractivity contribution in [3.63, 3.8) is 0 Å². The molecule has 0 heterocycles. The third-order valence-electron chi connectivity index (χ3n) is 4.49. The Hall–Kier alpha value is 0.350. The number of hydrogen-bond donors (Lipinski definition) is 0. The molecule has 1 heteroatoms. The molecule has 14 heavy (non-hydrogen) atoms. The Kier molecular flexibility index (Phi) is 4.36. The van der Waals surface area contributed by atoms with Crippen LogP contribution in [0.4, 0.5) is 0 Å². The second-order valence-corrected chi connectivity index (χ2v) is 6.73. The van der Waals surface area contributed by atoms with Gasteiger partial charge >= 0.3 is 0 Å². The molecule has 0 spiro atoms. The van der Waals surface area contributed by atoms with Gasteiger partial charge in [0.2, 0.25) is 0 Å². The molecule has 0 aromatic rings. The van der Waals surface area contributed by atoms with Crippen LogP contribution in [0.5, 0.6) is 0 Å². The van der Waals surface area contributed by atoms with E-state index in [1.807, 2.05) is 11.8 Å². The van der Waals surface area contributed by atoms with E-state index >= 15 is 0 Å². The zero-order valence-electron chi connectivity index (χ0n) is 10.4. The van der Waals surface area contributed by atoms with Crippen LogP contribution >= 0.6 is 11.8 Å². The van der Waals surface area contributed by atoms with Gasteiger partial charge < -0.3 is 0 Å². The van der Waals surface area contributed by atoms with Crippen molar-refractivity contribution >= 4 is 11.8 Å². The molecule has 1 rings (SSSR count). The Morgan fingerprint density at radius 2 is 1.71 bits per heavy atom. The lowest BCUT2D eigenvalue weighted by Crippen LogP contribution is -2.38. The van der Waals surface area contributed by atoms with Crippen LogP contribution in [-0.4, -0.2) is 12.0 Å². The van der Waals surface area contributed by atoms with E-state index in [-0.39, 0.29) is 0 Å². The van der Waals surface area contributed by atoms with Crippen molar-refractivity contribution in [3.05, 3.63) is 0 Å². The molecule has 0 aromatic carbocycles. The van der Waals surface area contributed by atoms with E-state index in [9.17, 15) is 0 Å². The van der Waals surface area contributed by atoms with Gasteiger partial charge in [-0.15, -0.1) is 0 Å². The summed E-state index contributed by atoms with van der Waals surface area (Å²) in [4.78, 5) is 0. The highest BCUT2D eigenvalue weighted by atomic mass is 32.2. The molecule has 0 bridgehead atoms. The SMILES string of the molecule is CSCCC[C@]1(C)CCCCC1(C)C. The average Bonchev–Trinajstić information content (AvgIpc) is 2.11. The summed E-state index contributed by atoms with van der Waals surface area (Å²) < 4.78 is 0. The summed E-state index contributed by atoms with van der Waals surface area (Å²) in [5.41, 5.74) is 1.19. The van der Waals surface area contributed by atoms with E-state index in [1.165, 1.54) is 44.3 Å². The normalized spacial score (nSPS) is 31.7. The van der Waals surface area contributed by atoms with Crippen LogP contribution in [0.2, 0.25) is 0 Å². The van der Waals surface area contributed by atoms with Crippen LogP contribution in [0.3, 0.4) is 0 Å². The molecule has 0 saturated heterocycles. The fourth-order valence-electron chi connectivity index (χ4n) is 2.79. The van der Waals surface area contributed by atoms with E-state index < -0.39 is 0 Å². The molecule has 0 nitrogen and oxygen atoms in total. The predicted molar refractivity (Wildman–Crippen MR) is 68.0 cm³/mol. The van der Waals surface area contributed by atoms with Gasteiger partial charge in [-0.05, 0) is 48.5 Å². The molecule has 1 aliphatic rings. The van der Waals surface area contributed by atoms with Crippen LogP contribution in [0.1, 0.15) is 59.3 Å². The molecule has 0 unspecified atom stereocenters. The maximum absolute atomic E-state index is 2.52. The van der Waals surface area contributed by atoms with Crippen molar-refractivity contribution < 1.29 is 0 Å². The standard InChI is InChI=1S/C13H26S/c1-12(2)8-5-6-9-13(12,3)10-7-11-14-4/h5-11H2,1-4H3/t13-/m0/s1. The molecule has 0 N–H and O–H groups in total. The molecular weight excluding hydrogens is 188 g/mol. The summed E-state index contributed by atoms with van der Waals surface area (Å²) in [5, 5.41) is 0. The molecule has 1 saturated carbocycles. The summed E-state index contributed by atoms with van der Waals surface area (Å²) >= 11 is 1.99. The van der Waals surface area contributed by atoms with Gasteiger partial charge in [0.05, 0.1) is 0 Å². The molecule has 0 amide bonds. The quantitative estimate of drug-likeness (QED) is 0.609. The van der Waals surface area contributed by atoms with Gasteiger partial charge in [-0.3, -0.25) is 0 Å². The fraction of sp³-hybridized carbons (Fsp3) is 1.00. The first-order chi connectivity index (χ1) is 6.52. The summed E-state index contributed by atoms with van der Waals surface area (Å²) in [5.74, 6) is 1.34. The third-order valence-corrected chi connectivity index (χ3v) is 5.19. The van der Waals surface area contributed by atoms with Crippen molar-refractivity contribution in [2.24, 2.45) is 10.8 Å². The Labute approximate surface area is 94.2 Å². The minimum Gasteiger partial charge on any atom is -0.165 e. The zero-order chi connectivity index (χ0) is 10.7. The monoisotopic (exact) mass is 214 g/mol. The van der Waals surface area contributed by atoms with Crippen molar-refractivity contribution in [2.45, 2.75) is 59.3 Å². The van der Waals surface area contributed by atoms with Crippen molar-refractivity contribution in [1.29, 1.82) is 0 Å². The topological polar surface area (TPSA) is 0 Å². The number of rotatable bonds is 4. The van der Waals surface area contributed by atoms with Gasteiger partial charge in [-0.25, -0.2) is 0 Å². The first kappa shape index (κ1) is 12.4. The van der Waals surface area contributed by atoms with Gasteiger partial charge in [0.15, 0.2) is 0 Å². The molecular formula is C13H26S. The van der Waals surface area contributed by atoms with E-state index in [1.54, 1.807) is 0 Å². The first-order valence-corrected chi connectivity index (χ1v) is 7.40. The Balaban J connectivity index is 2.51. The minimum absolute atomic E-state index is 0.573. The highest BCUT2D eigenvalue weighted by molar-refractivity contribution is 7.98. The second-order valence-electron chi connectivity index (χ2n) is 5.75. The zero-order valence-corrected chi connectivity index (χ0v) is 11.2.